The summed E-state index contributed by atoms with van der Waals surface area (Å²) < 4.78 is 35.0. The van der Waals surface area contributed by atoms with Crippen molar-refractivity contribution in [3.8, 4) is 0 Å². The lowest BCUT2D eigenvalue weighted by Crippen LogP contribution is -2.58. The van der Waals surface area contributed by atoms with Crippen molar-refractivity contribution in [1.82, 2.24) is 13.9 Å². The molecule has 2 saturated heterocycles. The molecule has 0 aromatic carbocycles. The minimum absolute atomic E-state index is 0.155. The van der Waals surface area contributed by atoms with E-state index in [9.17, 15) is 8.42 Å². The van der Waals surface area contributed by atoms with Crippen molar-refractivity contribution >= 4 is 10.2 Å². The van der Waals surface area contributed by atoms with Crippen molar-refractivity contribution in [2.75, 3.05) is 45.9 Å². The second-order valence-corrected chi connectivity index (χ2v) is 8.64. The molecule has 130 valence electrons. The van der Waals surface area contributed by atoms with Crippen LogP contribution in [0, 0.1) is 5.92 Å². The predicted octanol–water partition coefficient (Wildman–Crippen LogP) is 1.05. The van der Waals surface area contributed by atoms with Gasteiger partial charge in [0.25, 0.3) is 10.2 Å². The van der Waals surface area contributed by atoms with Crippen molar-refractivity contribution in [3.63, 3.8) is 0 Å². The standard InChI is InChI=1S/C15H31N3O3S/c1-4-15(3,17-8-10-21-11-9-17)13-16-22(19,20)18-7-5-6-14(2)12-18/h14,16H,4-13H2,1-3H3/t14-,15+/m0/s1. The summed E-state index contributed by atoms with van der Waals surface area (Å²) in [5, 5.41) is 0. The second-order valence-electron chi connectivity index (χ2n) is 6.88. The molecule has 0 aliphatic carbocycles. The lowest BCUT2D eigenvalue weighted by molar-refractivity contribution is -0.0158. The summed E-state index contributed by atoms with van der Waals surface area (Å²) in [5.74, 6) is 0.446. The summed E-state index contributed by atoms with van der Waals surface area (Å²) in [7, 11) is -3.37. The normalized spacial score (nSPS) is 28.4. The Morgan fingerprint density at radius 3 is 2.55 bits per heavy atom. The summed E-state index contributed by atoms with van der Waals surface area (Å²) in [6, 6.07) is 0. The van der Waals surface area contributed by atoms with E-state index in [0.717, 1.165) is 45.6 Å². The van der Waals surface area contributed by atoms with Crippen LogP contribution in [-0.2, 0) is 14.9 Å². The molecular weight excluding hydrogens is 302 g/mol. The van der Waals surface area contributed by atoms with E-state index in [1.807, 2.05) is 0 Å². The molecule has 0 aromatic rings. The minimum atomic E-state index is -3.37. The fourth-order valence-electron chi connectivity index (χ4n) is 3.27. The lowest BCUT2D eigenvalue weighted by atomic mass is 9.96. The Hall–Kier alpha value is -0.210. The third-order valence-corrected chi connectivity index (χ3v) is 6.65. The topological polar surface area (TPSA) is 61.9 Å². The molecule has 2 heterocycles. The fourth-order valence-corrected chi connectivity index (χ4v) is 4.76. The van der Waals surface area contributed by atoms with Gasteiger partial charge < -0.3 is 4.74 Å². The van der Waals surface area contributed by atoms with E-state index in [1.54, 1.807) is 4.31 Å². The quantitative estimate of drug-likeness (QED) is 0.789. The van der Waals surface area contributed by atoms with Crippen molar-refractivity contribution in [2.45, 2.75) is 45.6 Å². The molecule has 0 aromatic heterocycles. The number of rotatable bonds is 6. The van der Waals surface area contributed by atoms with Gasteiger partial charge in [-0.3, -0.25) is 4.90 Å². The number of hydrogen-bond donors (Lipinski definition) is 1. The number of ether oxygens (including phenoxy) is 1. The van der Waals surface area contributed by atoms with Gasteiger partial charge >= 0.3 is 0 Å². The highest BCUT2D eigenvalue weighted by Gasteiger charge is 2.34. The van der Waals surface area contributed by atoms with Crippen LogP contribution in [0.25, 0.3) is 0 Å². The van der Waals surface area contributed by atoms with Gasteiger partial charge in [-0.15, -0.1) is 0 Å². The Labute approximate surface area is 135 Å². The van der Waals surface area contributed by atoms with Gasteiger partial charge in [0, 0.05) is 38.3 Å². The van der Waals surface area contributed by atoms with Gasteiger partial charge in [0.15, 0.2) is 0 Å². The van der Waals surface area contributed by atoms with Gasteiger partial charge in [-0.2, -0.15) is 12.7 Å². The molecule has 0 amide bonds. The molecule has 1 N–H and O–H groups in total. The Morgan fingerprint density at radius 2 is 1.95 bits per heavy atom. The van der Waals surface area contributed by atoms with Crippen molar-refractivity contribution in [3.05, 3.63) is 0 Å². The SMILES string of the molecule is CC[C@](C)(CNS(=O)(=O)N1CCC[C@H](C)C1)N1CCOCC1. The van der Waals surface area contributed by atoms with Gasteiger partial charge in [-0.1, -0.05) is 13.8 Å². The molecule has 22 heavy (non-hydrogen) atoms. The maximum Gasteiger partial charge on any atom is 0.279 e. The molecule has 0 spiro atoms. The molecule has 6 nitrogen and oxygen atoms in total. The third-order valence-electron chi connectivity index (χ3n) is 5.13. The van der Waals surface area contributed by atoms with Crippen molar-refractivity contribution < 1.29 is 13.2 Å². The minimum Gasteiger partial charge on any atom is -0.379 e. The first-order chi connectivity index (χ1) is 10.4. The predicted molar refractivity (Wildman–Crippen MR) is 88.0 cm³/mol. The smallest absolute Gasteiger partial charge is 0.279 e. The van der Waals surface area contributed by atoms with Gasteiger partial charge in [0.1, 0.15) is 0 Å². The molecular formula is C15H31N3O3S. The van der Waals surface area contributed by atoms with E-state index in [2.05, 4.69) is 30.4 Å². The Bertz CT molecular complexity index is 451. The highest BCUT2D eigenvalue weighted by atomic mass is 32.2. The molecule has 2 aliphatic heterocycles. The lowest BCUT2D eigenvalue weighted by Gasteiger charge is -2.43. The van der Waals surface area contributed by atoms with Crippen LogP contribution >= 0.6 is 0 Å². The van der Waals surface area contributed by atoms with Gasteiger partial charge in [-0.25, -0.2) is 4.72 Å². The number of nitrogens with zero attached hydrogens (tertiary/aromatic N) is 2. The van der Waals surface area contributed by atoms with Crippen LogP contribution < -0.4 is 4.72 Å². The maximum absolute atomic E-state index is 12.5. The molecule has 0 unspecified atom stereocenters. The van der Waals surface area contributed by atoms with E-state index >= 15 is 0 Å². The van der Waals surface area contributed by atoms with E-state index in [-0.39, 0.29) is 5.54 Å². The molecule has 2 atom stereocenters. The van der Waals surface area contributed by atoms with E-state index in [1.165, 1.54) is 0 Å². The number of morpholine rings is 1. The van der Waals surface area contributed by atoms with Crippen molar-refractivity contribution in [2.24, 2.45) is 5.92 Å². The summed E-state index contributed by atoms with van der Waals surface area (Å²) >= 11 is 0. The molecule has 7 heteroatoms. The van der Waals surface area contributed by atoms with Gasteiger partial charge in [0.2, 0.25) is 0 Å². The molecule has 2 fully saturated rings. The van der Waals surface area contributed by atoms with Crippen LogP contribution in [0.4, 0.5) is 0 Å². The zero-order valence-electron chi connectivity index (χ0n) is 14.2. The van der Waals surface area contributed by atoms with E-state index in [0.29, 0.717) is 25.6 Å². The Kier molecular flexibility index (Phi) is 6.24. The monoisotopic (exact) mass is 333 g/mol. The summed E-state index contributed by atoms with van der Waals surface area (Å²) in [6.45, 7) is 11.3. The van der Waals surface area contributed by atoms with Crippen LogP contribution in [0.5, 0.6) is 0 Å². The van der Waals surface area contributed by atoms with E-state index in [4.69, 9.17) is 4.74 Å². The zero-order chi connectivity index (χ0) is 16.2. The highest BCUT2D eigenvalue weighted by molar-refractivity contribution is 7.87. The van der Waals surface area contributed by atoms with Gasteiger partial charge in [-0.05, 0) is 32.1 Å². The maximum atomic E-state index is 12.5. The van der Waals surface area contributed by atoms with Crippen LogP contribution in [-0.4, -0.2) is 69.1 Å². The first-order valence-corrected chi connectivity index (χ1v) is 9.89. The largest absolute Gasteiger partial charge is 0.379 e. The zero-order valence-corrected chi connectivity index (χ0v) is 15.0. The molecule has 0 radical (unpaired) electrons. The second kappa shape index (κ2) is 7.57. The number of piperidine rings is 1. The molecule has 0 saturated carbocycles. The van der Waals surface area contributed by atoms with Crippen molar-refractivity contribution in [1.29, 1.82) is 0 Å². The average molecular weight is 333 g/mol. The Morgan fingerprint density at radius 1 is 1.27 bits per heavy atom. The highest BCUT2D eigenvalue weighted by Crippen LogP contribution is 2.22. The first kappa shape index (κ1) is 18.1. The number of nitrogens with one attached hydrogen (secondary N) is 1. The third kappa shape index (κ3) is 4.41. The van der Waals surface area contributed by atoms with Crippen LogP contribution in [0.15, 0.2) is 0 Å². The fraction of sp³-hybridized carbons (Fsp3) is 1.00. The van der Waals surface area contributed by atoms with E-state index < -0.39 is 10.2 Å². The van der Waals surface area contributed by atoms with Crippen LogP contribution in [0.1, 0.15) is 40.0 Å². The summed E-state index contributed by atoms with van der Waals surface area (Å²) in [6.07, 6.45) is 2.98. The van der Waals surface area contributed by atoms with Crippen LogP contribution in [0.3, 0.4) is 0 Å². The number of hydrogen-bond acceptors (Lipinski definition) is 4. The van der Waals surface area contributed by atoms with Crippen LogP contribution in [0.2, 0.25) is 0 Å². The molecule has 2 aliphatic rings. The molecule has 2 rings (SSSR count). The summed E-state index contributed by atoms with van der Waals surface area (Å²) in [5.41, 5.74) is -0.155. The average Bonchev–Trinajstić information content (AvgIpc) is 2.53. The Balaban J connectivity index is 1.96. The van der Waals surface area contributed by atoms with Gasteiger partial charge in [0.05, 0.1) is 13.2 Å². The molecule has 0 bridgehead atoms. The first-order valence-electron chi connectivity index (χ1n) is 8.45. The summed E-state index contributed by atoms with van der Waals surface area (Å²) in [4.78, 5) is 2.35.